The van der Waals surface area contributed by atoms with E-state index in [1.807, 2.05) is 116 Å². The number of hydrogen-bond donors (Lipinski definition) is 0. The first-order valence-electron chi connectivity index (χ1n) is 11.4. The van der Waals surface area contributed by atoms with Gasteiger partial charge in [-0.15, -0.1) is 0 Å². The molecule has 4 heteroatoms. The average molecular weight is 465 g/mol. The van der Waals surface area contributed by atoms with Crippen molar-refractivity contribution in [2.24, 2.45) is 0 Å². The van der Waals surface area contributed by atoms with Crippen molar-refractivity contribution >= 4 is 5.57 Å². The van der Waals surface area contributed by atoms with Gasteiger partial charge >= 0.3 is 0 Å². The van der Waals surface area contributed by atoms with Crippen LogP contribution in [0.4, 0.5) is 0 Å². The Morgan fingerprint density at radius 3 is 1.43 bits per heavy atom. The molecule has 0 radical (unpaired) electrons. The van der Waals surface area contributed by atoms with Crippen LogP contribution in [0.25, 0.3) is 5.57 Å². The fraction of sp³-hybridized carbons (Fsp3) is 0.0968. The van der Waals surface area contributed by atoms with Crippen molar-refractivity contribution in [1.29, 1.82) is 0 Å². The van der Waals surface area contributed by atoms with Crippen molar-refractivity contribution in [3.05, 3.63) is 126 Å². The standard InChI is InChI=1S/C31H28O4/c1-4-5-16-27(23-17-19-28(30(21-23)32-2)34-25-12-8-6-9-13-25)24-18-20-29(31(22-24)33-3)35-26-14-10-7-11-15-26/h4-22H,1-3H3. The quantitative estimate of drug-likeness (QED) is 0.234. The topological polar surface area (TPSA) is 36.9 Å². The average Bonchev–Trinajstić information content (AvgIpc) is 2.91. The summed E-state index contributed by atoms with van der Waals surface area (Å²) < 4.78 is 23.4. The molecule has 0 saturated heterocycles. The van der Waals surface area contributed by atoms with Gasteiger partial charge in [-0.1, -0.05) is 66.8 Å². The molecular formula is C31H28O4. The van der Waals surface area contributed by atoms with Crippen molar-refractivity contribution in [2.45, 2.75) is 6.92 Å². The second-order valence-corrected chi connectivity index (χ2v) is 7.67. The van der Waals surface area contributed by atoms with Gasteiger partial charge in [0, 0.05) is 0 Å². The molecule has 0 aliphatic heterocycles. The zero-order valence-corrected chi connectivity index (χ0v) is 20.1. The molecule has 0 fully saturated rings. The molecule has 35 heavy (non-hydrogen) atoms. The highest BCUT2D eigenvalue weighted by Crippen LogP contribution is 2.38. The van der Waals surface area contributed by atoms with Crippen LogP contribution in [-0.4, -0.2) is 14.2 Å². The van der Waals surface area contributed by atoms with E-state index in [1.165, 1.54) is 0 Å². The first-order valence-corrected chi connectivity index (χ1v) is 11.4. The van der Waals surface area contributed by atoms with E-state index in [0.717, 1.165) is 28.2 Å². The Morgan fingerprint density at radius 1 is 0.571 bits per heavy atom. The third-order valence-electron chi connectivity index (χ3n) is 5.35. The summed E-state index contributed by atoms with van der Waals surface area (Å²) in [5.41, 5.74) is 2.98. The second-order valence-electron chi connectivity index (χ2n) is 7.67. The molecule has 0 spiro atoms. The summed E-state index contributed by atoms with van der Waals surface area (Å²) >= 11 is 0. The van der Waals surface area contributed by atoms with Crippen molar-refractivity contribution in [1.82, 2.24) is 0 Å². The van der Waals surface area contributed by atoms with Crippen LogP contribution in [0.15, 0.2) is 115 Å². The third kappa shape index (κ3) is 5.92. The first-order chi connectivity index (χ1) is 17.2. The van der Waals surface area contributed by atoms with E-state index < -0.39 is 0 Å². The maximum atomic E-state index is 6.04. The van der Waals surface area contributed by atoms with Crippen LogP contribution in [0, 0.1) is 0 Å². The lowest BCUT2D eigenvalue weighted by atomic mass is 9.96. The fourth-order valence-electron chi connectivity index (χ4n) is 3.62. The van der Waals surface area contributed by atoms with Gasteiger partial charge in [0.05, 0.1) is 14.2 Å². The Labute approximate surface area is 206 Å². The number of ether oxygens (including phenoxy) is 4. The van der Waals surface area contributed by atoms with Crippen molar-refractivity contribution in [3.63, 3.8) is 0 Å². The zero-order chi connectivity index (χ0) is 24.5. The lowest BCUT2D eigenvalue weighted by Crippen LogP contribution is -1.96. The minimum atomic E-state index is 0.647. The summed E-state index contributed by atoms with van der Waals surface area (Å²) in [4.78, 5) is 0. The highest BCUT2D eigenvalue weighted by Gasteiger charge is 2.14. The van der Waals surface area contributed by atoms with Crippen LogP contribution >= 0.6 is 0 Å². The summed E-state index contributed by atoms with van der Waals surface area (Å²) in [5, 5.41) is 0. The van der Waals surface area contributed by atoms with Gasteiger partial charge in [0.1, 0.15) is 11.5 Å². The third-order valence-corrected chi connectivity index (χ3v) is 5.35. The molecule has 0 saturated carbocycles. The van der Waals surface area contributed by atoms with Gasteiger partial charge in [-0.3, -0.25) is 0 Å². The number of methoxy groups -OCH3 is 2. The molecular weight excluding hydrogens is 436 g/mol. The zero-order valence-electron chi connectivity index (χ0n) is 20.1. The van der Waals surface area contributed by atoms with E-state index in [1.54, 1.807) is 14.2 Å². The first kappa shape index (κ1) is 23.7. The van der Waals surface area contributed by atoms with Crippen molar-refractivity contribution < 1.29 is 18.9 Å². The van der Waals surface area contributed by atoms with Gasteiger partial charge in [0.2, 0.25) is 0 Å². The minimum absolute atomic E-state index is 0.647. The number of allylic oxidation sites excluding steroid dienone is 3. The van der Waals surface area contributed by atoms with Gasteiger partial charge in [0.15, 0.2) is 23.0 Å². The van der Waals surface area contributed by atoms with Gasteiger partial charge in [-0.05, 0) is 72.2 Å². The summed E-state index contributed by atoms with van der Waals surface area (Å²) in [6.45, 7) is 1.99. The Balaban J connectivity index is 1.69. The summed E-state index contributed by atoms with van der Waals surface area (Å²) in [6.07, 6.45) is 6.07. The Kier molecular flexibility index (Phi) is 7.87. The lowest BCUT2D eigenvalue weighted by Gasteiger charge is -2.16. The molecule has 0 N–H and O–H groups in total. The molecule has 0 aliphatic carbocycles. The van der Waals surface area contributed by atoms with Crippen LogP contribution in [0.1, 0.15) is 18.1 Å². The summed E-state index contributed by atoms with van der Waals surface area (Å²) in [7, 11) is 3.29. The van der Waals surface area contributed by atoms with Gasteiger partial charge in [-0.25, -0.2) is 0 Å². The van der Waals surface area contributed by atoms with Crippen LogP contribution in [0.3, 0.4) is 0 Å². The highest BCUT2D eigenvalue weighted by molar-refractivity contribution is 5.83. The minimum Gasteiger partial charge on any atom is -0.493 e. The normalized spacial score (nSPS) is 10.6. The predicted octanol–water partition coefficient (Wildman–Crippen LogP) is 8.30. The van der Waals surface area contributed by atoms with E-state index in [9.17, 15) is 0 Å². The molecule has 4 aromatic carbocycles. The number of para-hydroxylation sites is 2. The molecule has 4 nitrogen and oxygen atoms in total. The fourth-order valence-corrected chi connectivity index (χ4v) is 3.62. The smallest absolute Gasteiger partial charge is 0.169 e. The lowest BCUT2D eigenvalue weighted by molar-refractivity contribution is 0.378. The molecule has 0 atom stereocenters. The van der Waals surface area contributed by atoms with Gasteiger partial charge in [0.25, 0.3) is 0 Å². The second kappa shape index (κ2) is 11.6. The summed E-state index contributed by atoms with van der Waals surface area (Å²) in [5.74, 6) is 4.10. The molecule has 0 amide bonds. The Bertz CT molecular complexity index is 1210. The molecule has 0 aromatic heterocycles. The maximum absolute atomic E-state index is 6.04. The molecule has 4 rings (SSSR count). The molecule has 0 aliphatic rings. The number of hydrogen-bond acceptors (Lipinski definition) is 4. The van der Waals surface area contributed by atoms with Gasteiger partial charge in [-0.2, -0.15) is 0 Å². The van der Waals surface area contributed by atoms with Crippen molar-refractivity contribution in [2.75, 3.05) is 14.2 Å². The number of benzene rings is 4. The summed E-state index contributed by atoms with van der Waals surface area (Å²) in [6, 6.07) is 31.2. The van der Waals surface area contributed by atoms with E-state index in [-0.39, 0.29) is 0 Å². The SMILES string of the molecule is CC=CC=C(c1ccc(Oc2ccccc2)c(OC)c1)c1ccc(Oc2ccccc2)c(OC)c1. The molecule has 0 heterocycles. The highest BCUT2D eigenvalue weighted by atomic mass is 16.5. The Hall–Kier alpha value is -4.44. The monoisotopic (exact) mass is 464 g/mol. The molecule has 0 unspecified atom stereocenters. The van der Waals surface area contributed by atoms with E-state index >= 15 is 0 Å². The number of rotatable bonds is 9. The maximum Gasteiger partial charge on any atom is 0.169 e. The van der Waals surface area contributed by atoms with Crippen molar-refractivity contribution in [3.8, 4) is 34.5 Å². The molecule has 4 aromatic rings. The van der Waals surface area contributed by atoms with Crippen LogP contribution < -0.4 is 18.9 Å². The van der Waals surface area contributed by atoms with Crippen LogP contribution in [-0.2, 0) is 0 Å². The van der Waals surface area contributed by atoms with E-state index in [2.05, 4.69) is 6.08 Å². The van der Waals surface area contributed by atoms with Gasteiger partial charge < -0.3 is 18.9 Å². The van der Waals surface area contributed by atoms with Crippen LogP contribution in [0.5, 0.6) is 34.5 Å². The largest absolute Gasteiger partial charge is 0.493 e. The van der Waals surface area contributed by atoms with E-state index in [4.69, 9.17) is 18.9 Å². The molecule has 0 bridgehead atoms. The van der Waals surface area contributed by atoms with Crippen LogP contribution in [0.2, 0.25) is 0 Å². The predicted molar refractivity (Wildman–Crippen MR) is 141 cm³/mol. The molecule has 176 valence electrons. The van der Waals surface area contributed by atoms with E-state index in [0.29, 0.717) is 23.0 Å². The Morgan fingerprint density at radius 2 is 1.03 bits per heavy atom.